The maximum absolute atomic E-state index is 11.5. The summed E-state index contributed by atoms with van der Waals surface area (Å²) in [5.41, 5.74) is 0. The van der Waals surface area contributed by atoms with E-state index in [2.05, 4.69) is 4.72 Å². The normalized spacial score (nSPS) is 21.1. The van der Waals surface area contributed by atoms with Gasteiger partial charge in [-0.15, -0.1) is 0 Å². The van der Waals surface area contributed by atoms with Gasteiger partial charge in [0.1, 0.15) is 6.29 Å². The van der Waals surface area contributed by atoms with Gasteiger partial charge in [-0.3, -0.25) is 0 Å². The minimum atomic E-state index is -3.40. The lowest BCUT2D eigenvalue weighted by atomic mass is 9.96. The Hall–Kier alpha value is -0.420. The average molecular weight is 231 g/mol. The molecule has 0 spiro atoms. The van der Waals surface area contributed by atoms with Crippen LogP contribution in [-0.2, 0) is 14.8 Å². The highest BCUT2D eigenvalue weighted by Gasteiger charge is 2.21. The quantitative estimate of drug-likeness (QED) is 0.711. The molecule has 0 aliphatic heterocycles. The van der Waals surface area contributed by atoms with Crippen molar-refractivity contribution in [3.05, 3.63) is 6.92 Å². The van der Waals surface area contributed by atoms with E-state index in [1.807, 2.05) is 0 Å². The molecule has 0 aromatic heterocycles. The number of carbonyl (C=O) groups excluding carboxylic acids is 1. The maximum atomic E-state index is 11.5. The second kappa shape index (κ2) is 5.61. The van der Waals surface area contributed by atoms with Crippen LogP contribution >= 0.6 is 0 Å². The van der Waals surface area contributed by atoms with Gasteiger partial charge in [-0.25, -0.2) is 13.1 Å². The summed E-state index contributed by atoms with van der Waals surface area (Å²) in [5, 5.41) is 0. The fraction of sp³-hybridized carbons (Fsp3) is 0.800. The third-order valence-electron chi connectivity index (χ3n) is 2.54. The van der Waals surface area contributed by atoms with Crippen molar-refractivity contribution in [3.8, 4) is 0 Å². The summed E-state index contributed by atoms with van der Waals surface area (Å²) in [6.45, 7) is 5.28. The predicted molar refractivity (Wildman–Crippen MR) is 57.6 cm³/mol. The van der Waals surface area contributed by atoms with Gasteiger partial charge < -0.3 is 4.79 Å². The van der Waals surface area contributed by atoms with Crippen molar-refractivity contribution in [2.45, 2.75) is 38.1 Å². The molecule has 0 bridgehead atoms. The van der Waals surface area contributed by atoms with Crippen molar-refractivity contribution in [2.24, 2.45) is 5.92 Å². The van der Waals surface area contributed by atoms with E-state index in [-0.39, 0.29) is 11.8 Å². The Labute approximate surface area is 91.5 Å². The van der Waals surface area contributed by atoms with Gasteiger partial charge >= 0.3 is 0 Å². The fourth-order valence-electron chi connectivity index (χ4n) is 1.82. The van der Waals surface area contributed by atoms with Crippen LogP contribution in [0.2, 0.25) is 0 Å². The van der Waals surface area contributed by atoms with Crippen molar-refractivity contribution in [2.75, 3.05) is 5.75 Å². The van der Waals surface area contributed by atoms with Crippen LogP contribution in [0.3, 0.4) is 0 Å². The highest BCUT2D eigenvalue weighted by atomic mass is 32.2. The molecule has 1 saturated carbocycles. The Morgan fingerprint density at radius 2 is 1.93 bits per heavy atom. The second-order valence-corrected chi connectivity index (χ2v) is 5.83. The molecule has 0 aromatic carbocycles. The van der Waals surface area contributed by atoms with Crippen LogP contribution in [0.5, 0.6) is 0 Å². The molecular formula is C10H17NO3S. The van der Waals surface area contributed by atoms with Gasteiger partial charge in [0, 0.05) is 12.0 Å². The third-order valence-corrected chi connectivity index (χ3v) is 4.05. The molecule has 2 radical (unpaired) electrons. The van der Waals surface area contributed by atoms with Gasteiger partial charge in [0.15, 0.2) is 0 Å². The van der Waals surface area contributed by atoms with Gasteiger partial charge in [-0.05, 0) is 19.8 Å². The van der Waals surface area contributed by atoms with Crippen molar-refractivity contribution in [1.82, 2.24) is 4.72 Å². The van der Waals surface area contributed by atoms with Crippen LogP contribution < -0.4 is 4.72 Å². The number of carbonyl (C=O) groups is 1. The van der Waals surface area contributed by atoms with E-state index >= 15 is 0 Å². The van der Waals surface area contributed by atoms with Crippen LogP contribution in [0, 0.1) is 12.8 Å². The molecule has 1 aliphatic carbocycles. The molecule has 1 atom stereocenters. The number of hydrogen-bond acceptors (Lipinski definition) is 3. The van der Waals surface area contributed by atoms with Crippen molar-refractivity contribution in [1.29, 1.82) is 0 Å². The summed E-state index contributed by atoms with van der Waals surface area (Å²) in [6, 6.07) is 0.0302. The summed E-state index contributed by atoms with van der Waals surface area (Å²) < 4.78 is 25.6. The number of hydrogen-bond donors (Lipinski definition) is 1. The van der Waals surface area contributed by atoms with Gasteiger partial charge in [0.05, 0.1) is 5.75 Å². The van der Waals surface area contributed by atoms with Gasteiger partial charge in [-0.1, -0.05) is 19.3 Å². The molecule has 0 amide bonds. The summed E-state index contributed by atoms with van der Waals surface area (Å²) >= 11 is 0. The third kappa shape index (κ3) is 4.75. The predicted octanol–water partition coefficient (Wildman–Crippen LogP) is 0.765. The molecule has 1 fully saturated rings. The Morgan fingerprint density at radius 3 is 2.47 bits per heavy atom. The SMILES string of the molecule is [CH][C@H](C=O)CS(=O)(=O)NC1CCCCC1. The number of aldehydes is 1. The molecule has 1 aliphatic rings. The molecule has 5 heteroatoms. The minimum absolute atomic E-state index is 0.0302. The van der Waals surface area contributed by atoms with Gasteiger partial charge in [0.2, 0.25) is 10.0 Å². The summed E-state index contributed by atoms with van der Waals surface area (Å²) in [7, 11) is -3.40. The highest BCUT2D eigenvalue weighted by molar-refractivity contribution is 7.89. The van der Waals surface area contributed by atoms with E-state index in [1.165, 1.54) is 6.42 Å². The first kappa shape index (κ1) is 12.6. The first-order valence-corrected chi connectivity index (χ1v) is 6.89. The number of nitrogens with one attached hydrogen (secondary N) is 1. The van der Waals surface area contributed by atoms with E-state index in [0.29, 0.717) is 6.29 Å². The lowest BCUT2D eigenvalue weighted by molar-refractivity contribution is -0.109. The monoisotopic (exact) mass is 231 g/mol. The molecule has 4 nitrogen and oxygen atoms in total. The van der Waals surface area contributed by atoms with Gasteiger partial charge in [-0.2, -0.15) is 0 Å². The smallest absolute Gasteiger partial charge is 0.212 e. The standard InChI is InChI=1S/C10H17NO3S/c1-9(7-12)8-15(13,14)11-10-5-3-2-4-6-10/h1,7,9-11H,2-6,8H2/t9-/m1/s1. The van der Waals surface area contributed by atoms with E-state index in [4.69, 9.17) is 6.92 Å². The minimum Gasteiger partial charge on any atom is -0.303 e. The van der Waals surface area contributed by atoms with E-state index in [0.717, 1.165) is 25.7 Å². The second-order valence-electron chi connectivity index (χ2n) is 4.03. The van der Waals surface area contributed by atoms with Crippen LogP contribution in [0.25, 0.3) is 0 Å². The zero-order valence-corrected chi connectivity index (χ0v) is 9.50. The number of sulfonamides is 1. The first-order valence-electron chi connectivity index (χ1n) is 5.24. The summed E-state index contributed by atoms with van der Waals surface area (Å²) in [5.74, 6) is -1.24. The van der Waals surface area contributed by atoms with Crippen LogP contribution in [0.1, 0.15) is 32.1 Å². The molecule has 0 unspecified atom stereocenters. The lowest BCUT2D eigenvalue weighted by Gasteiger charge is -2.22. The summed E-state index contributed by atoms with van der Waals surface area (Å²) in [6.07, 6.45) is 5.52. The topological polar surface area (TPSA) is 63.2 Å². The fourth-order valence-corrected chi connectivity index (χ4v) is 3.24. The summed E-state index contributed by atoms with van der Waals surface area (Å²) in [4.78, 5) is 10.3. The van der Waals surface area contributed by atoms with E-state index in [1.54, 1.807) is 0 Å². The Kier molecular flexibility index (Phi) is 4.73. The van der Waals surface area contributed by atoms with Crippen molar-refractivity contribution >= 4 is 16.3 Å². The van der Waals surface area contributed by atoms with Crippen LogP contribution in [-0.4, -0.2) is 26.5 Å². The maximum Gasteiger partial charge on any atom is 0.212 e. The zero-order chi connectivity index (χ0) is 11.3. The molecular weight excluding hydrogens is 214 g/mol. The first-order chi connectivity index (χ1) is 7.03. The molecule has 0 saturated heterocycles. The Bertz CT molecular complexity index is 294. The molecule has 0 aromatic rings. The van der Waals surface area contributed by atoms with Crippen LogP contribution in [0.15, 0.2) is 0 Å². The largest absolute Gasteiger partial charge is 0.303 e. The molecule has 15 heavy (non-hydrogen) atoms. The van der Waals surface area contributed by atoms with Crippen molar-refractivity contribution in [3.63, 3.8) is 0 Å². The Balaban J connectivity index is 2.44. The van der Waals surface area contributed by atoms with Crippen molar-refractivity contribution < 1.29 is 13.2 Å². The highest BCUT2D eigenvalue weighted by Crippen LogP contribution is 2.18. The number of rotatable bonds is 5. The molecule has 0 heterocycles. The molecule has 1 N–H and O–H groups in total. The van der Waals surface area contributed by atoms with E-state index < -0.39 is 15.9 Å². The average Bonchev–Trinajstić information content (AvgIpc) is 2.17. The van der Waals surface area contributed by atoms with Gasteiger partial charge in [0.25, 0.3) is 0 Å². The Morgan fingerprint density at radius 1 is 1.33 bits per heavy atom. The molecule has 1 rings (SSSR count). The lowest BCUT2D eigenvalue weighted by Crippen LogP contribution is -2.39. The van der Waals surface area contributed by atoms with E-state index in [9.17, 15) is 13.2 Å². The van der Waals surface area contributed by atoms with Crippen LogP contribution in [0.4, 0.5) is 0 Å². The molecule has 86 valence electrons. The zero-order valence-electron chi connectivity index (χ0n) is 8.69.